The Labute approximate surface area is 101 Å². The molecule has 1 aliphatic heterocycles. The Bertz CT molecular complexity index is 343. The van der Waals surface area contributed by atoms with Crippen LogP contribution in [0, 0.1) is 0 Å². The first-order valence-electron chi connectivity index (χ1n) is 5.56. The number of benzene rings is 1. The van der Waals surface area contributed by atoms with Gasteiger partial charge in [0.1, 0.15) is 5.75 Å². The van der Waals surface area contributed by atoms with Crippen LogP contribution in [0.1, 0.15) is 6.42 Å². The second-order valence-electron chi connectivity index (χ2n) is 3.88. The van der Waals surface area contributed by atoms with Crippen LogP contribution in [0.15, 0.2) is 23.1 Å². The minimum atomic E-state index is 0.529. The van der Waals surface area contributed by atoms with Gasteiger partial charge in [0.25, 0.3) is 0 Å². The topological polar surface area (TPSA) is 33.3 Å². The van der Waals surface area contributed by atoms with Crippen molar-refractivity contribution in [3.05, 3.63) is 18.2 Å². The molecule has 16 heavy (non-hydrogen) atoms. The molecule has 1 aromatic carbocycles. The lowest BCUT2D eigenvalue weighted by molar-refractivity contribution is 0.414. The molecule has 0 bridgehead atoms. The Kier molecular flexibility index (Phi) is 3.96. The highest BCUT2D eigenvalue weighted by Crippen LogP contribution is 2.39. The lowest BCUT2D eigenvalue weighted by atomic mass is 10.2. The highest BCUT2D eigenvalue weighted by atomic mass is 32.2. The fourth-order valence-electron chi connectivity index (χ4n) is 1.85. The quantitative estimate of drug-likeness (QED) is 0.842. The Morgan fingerprint density at radius 1 is 1.56 bits per heavy atom. The molecule has 1 aromatic rings. The number of rotatable bonds is 4. The van der Waals surface area contributed by atoms with Gasteiger partial charge >= 0.3 is 0 Å². The van der Waals surface area contributed by atoms with Crippen LogP contribution in [0.5, 0.6) is 5.75 Å². The van der Waals surface area contributed by atoms with Crippen LogP contribution >= 0.6 is 11.8 Å². The van der Waals surface area contributed by atoms with Gasteiger partial charge in [-0.15, -0.1) is 11.8 Å². The molecular formula is C12H18N2OS. The van der Waals surface area contributed by atoms with E-state index in [0.29, 0.717) is 6.04 Å². The van der Waals surface area contributed by atoms with E-state index >= 15 is 0 Å². The molecule has 1 atom stereocenters. The van der Waals surface area contributed by atoms with Gasteiger partial charge in [0.2, 0.25) is 0 Å². The standard InChI is InChI=1S/C12H18N2OS/c1-13-7-6-9-8-16-11-5-3-4-10(15-2)12(11)14-9/h3-5,9,13-14H,6-8H2,1-2H3. The lowest BCUT2D eigenvalue weighted by Gasteiger charge is -2.27. The molecular weight excluding hydrogens is 220 g/mol. The minimum Gasteiger partial charge on any atom is -0.495 e. The predicted molar refractivity (Wildman–Crippen MR) is 69.7 cm³/mol. The first kappa shape index (κ1) is 11.6. The summed E-state index contributed by atoms with van der Waals surface area (Å²) >= 11 is 1.91. The van der Waals surface area contributed by atoms with E-state index in [2.05, 4.69) is 16.7 Å². The van der Waals surface area contributed by atoms with Crippen LogP contribution in [-0.2, 0) is 0 Å². The smallest absolute Gasteiger partial charge is 0.143 e. The average Bonchev–Trinajstić information content (AvgIpc) is 2.35. The molecule has 1 unspecified atom stereocenters. The van der Waals surface area contributed by atoms with Gasteiger partial charge in [-0.1, -0.05) is 6.07 Å². The van der Waals surface area contributed by atoms with Crippen molar-refractivity contribution in [2.45, 2.75) is 17.4 Å². The second kappa shape index (κ2) is 5.46. The number of fused-ring (bicyclic) bond motifs is 1. The zero-order chi connectivity index (χ0) is 11.4. The summed E-state index contributed by atoms with van der Waals surface area (Å²) in [6.07, 6.45) is 1.14. The largest absolute Gasteiger partial charge is 0.495 e. The lowest BCUT2D eigenvalue weighted by Crippen LogP contribution is -2.29. The van der Waals surface area contributed by atoms with Crippen LogP contribution in [-0.4, -0.2) is 32.5 Å². The van der Waals surface area contributed by atoms with Gasteiger partial charge in [0, 0.05) is 16.7 Å². The number of hydrogen-bond acceptors (Lipinski definition) is 4. The van der Waals surface area contributed by atoms with E-state index in [4.69, 9.17) is 4.74 Å². The molecule has 3 nitrogen and oxygen atoms in total. The van der Waals surface area contributed by atoms with E-state index < -0.39 is 0 Å². The van der Waals surface area contributed by atoms with Gasteiger partial charge in [-0.2, -0.15) is 0 Å². The maximum Gasteiger partial charge on any atom is 0.143 e. The van der Waals surface area contributed by atoms with Crippen LogP contribution in [0.2, 0.25) is 0 Å². The van der Waals surface area contributed by atoms with Crippen molar-refractivity contribution in [3.8, 4) is 5.75 Å². The van der Waals surface area contributed by atoms with Crippen molar-refractivity contribution in [2.24, 2.45) is 0 Å². The summed E-state index contributed by atoms with van der Waals surface area (Å²) in [6.45, 7) is 1.04. The fourth-order valence-corrected chi connectivity index (χ4v) is 2.96. The maximum atomic E-state index is 5.37. The van der Waals surface area contributed by atoms with Gasteiger partial charge < -0.3 is 15.4 Å². The highest BCUT2D eigenvalue weighted by Gasteiger charge is 2.20. The Morgan fingerprint density at radius 3 is 3.19 bits per heavy atom. The Balaban J connectivity index is 2.11. The third-order valence-corrected chi connectivity index (χ3v) is 3.96. The number of para-hydroxylation sites is 1. The first-order valence-corrected chi connectivity index (χ1v) is 6.54. The van der Waals surface area contributed by atoms with Crippen molar-refractivity contribution in [1.82, 2.24) is 5.32 Å². The zero-order valence-electron chi connectivity index (χ0n) is 9.75. The van der Waals surface area contributed by atoms with Gasteiger partial charge in [-0.05, 0) is 32.1 Å². The van der Waals surface area contributed by atoms with Crippen molar-refractivity contribution in [3.63, 3.8) is 0 Å². The van der Waals surface area contributed by atoms with Crippen LogP contribution < -0.4 is 15.4 Å². The zero-order valence-corrected chi connectivity index (χ0v) is 10.6. The molecule has 0 aromatic heterocycles. The number of thioether (sulfide) groups is 1. The molecule has 0 saturated heterocycles. The van der Waals surface area contributed by atoms with Crippen LogP contribution in [0.25, 0.3) is 0 Å². The normalized spacial score (nSPS) is 18.8. The van der Waals surface area contributed by atoms with E-state index in [1.807, 2.05) is 30.9 Å². The van der Waals surface area contributed by atoms with E-state index in [1.54, 1.807) is 7.11 Å². The first-order chi connectivity index (χ1) is 7.85. The molecule has 0 spiro atoms. The number of nitrogens with one attached hydrogen (secondary N) is 2. The maximum absolute atomic E-state index is 5.37. The number of methoxy groups -OCH3 is 1. The van der Waals surface area contributed by atoms with Gasteiger partial charge in [0.15, 0.2) is 0 Å². The molecule has 2 N–H and O–H groups in total. The summed E-state index contributed by atoms with van der Waals surface area (Å²) < 4.78 is 5.37. The Morgan fingerprint density at radius 2 is 2.44 bits per heavy atom. The summed E-state index contributed by atoms with van der Waals surface area (Å²) in [5, 5.41) is 6.75. The molecule has 0 aliphatic carbocycles. The summed E-state index contributed by atoms with van der Waals surface area (Å²) in [5.74, 6) is 2.07. The molecule has 0 saturated carbocycles. The van der Waals surface area contributed by atoms with E-state index in [-0.39, 0.29) is 0 Å². The summed E-state index contributed by atoms with van der Waals surface area (Å²) in [7, 11) is 3.71. The molecule has 88 valence electrons. The molecule has 2 rings (SSSR count). The minimum absolute atomic E-state index is 0.529. The summed E-state index contributed by atoms with van der Waals surface area (Å²) in [4.78, 5) is 1.29. The molecule has 0 fully saturated rings. The third-order valence-electron chi connectivity index (χ3n) is 2.74. The van der Waals surface area contributed by atoms with Gasteiger partial charge in [-0.3, -0.25) is 0 Å². The van der Waals surface area contributed by atoms with E-state index in [9.17, 15) is 0 Å². The monoisotopic (exact) mass is 238 g/mol. The van der Waals surface area contributed by atoms with Crippen molar-refractivity contribution >= 4 is 17.4 Å². The number of hydrogen-bond donors (Lipinski definition) is 2. The van der Waals surface area contributed by atoms with Crippen molar-refractivity contribution in [1.29, 1.82) is 0 Å². The molecule has 1 aliphatic rings. The Hall–Kier alpha value is -0.870. The van der Waals surface area contributed by atoms with Crippen LogP contribution in [0.4, 0.5) is 5.69 Å². The van der Waals surface area contributed by atoms with Gasteiger partial charge in [-0.25, -0.2) is 0 Å². The molecule has 1 heterocycles. The summed E-state index contributed by atoms with van der Waals surface area (Å²) in [6, 6.07) is 6.72. The third kappa shape index (κ3) is 2.44. The van der Waals surface area contributed by atoms with Crippen molar-refractivity contribution in [2.75, 3.05) is 31.8 Å². The van der Waals surface area contributed by atoms with Crippen molar-refractivity contribution < 1.29 is 4.74 Å². The fraction of sp³-hybridized carbons (Fsp3) is 0.500. The predicted octanol–water partition coefficient (Wildman–Crippen LogP) is 2.19. The second-order valence-corrected chi connectivity index (χ2v) is 4.94. The number of ether oxygens (including phenoxy) is 1. The molecule has 4 heteroatoms. The average molecular weight is 238 g/mol. The molecule has 0 radical (unpaired) electrons. The van der Waals surface area contributed by atoms with E-state index in [1.165, 1.54) is 4.90 Å². The highest BCUT2D eigenvalue weighted by molar-refractivity contribution is 7.99. The summed E-state index contributed by atoms with van der Waals surface area (Å²) in [5.41, 5.74) is 1.15. The van der Waals surface area contributed by atoms with Gasteiger partial charge in [0.05, 0.1) is 12.8 Å². The molecule has 0 amide bonds. The number of anilines is 1. The van der Waals surface area contributed by atoms with E-state index in [0.717, 1.165) is 30.2 Å². The van der Waals surface area contributed by atoms with Crippen LogP contribution in [0.3, 0.4) is 0 Å². The SMILES string of the molecule is CNCCC1CSc2cccc(OC)c2N1.